The quantitative estimate of drug-likeness (QED) is 0.653. The van der Waals surface area contributed by atoms with E-state index in [1.54, 1.807) is 0 Å². The van der Waals surface area contributed by atoms with E-state index in [1.807, 2.05) is 20.8 Å². The summed E-state index contributed by atoms with van der Waals surface area (Å²) >= 11 is 0. The van der Waals surface area contributed by atoms with Crippen LogP contribution in [-0.4, -0.2) is 23.6 Å². The first kappa shape index (κ1) is 19.3. The maximum atomic E-state index is 12.5. The van der Waals surface area contributed by atoms with E-state index in [0.29, 0.717) is 0 Å². The Labute approximate surface area is 146 Å². The molecule has 0 radical (unpaired) electrons. The zero-order valence-corrected chi connectivity index (χ0v) is 15.9. The fraction of sp³-hybridized carbons (Fsp3) is 0.900. The van der Waals surface area contributed by atoms with E-state index in [9.17, 15) is 9.59 Å². The number of hydrogen-bond donors (Lipinski definition) is 0. The molecule has 0 amide bonds. The fourth-order valence-corrected chi connectivity index (χ4v) is 3.72. The van der Waals surface area contributed by atoms with Gasteiger partial charge in [-0.1, -0.05) is 13.8 Å². The Morgan fingerprint density at radius 3 is 2.12 bits per heavy atom. The molecule has 0 N–H and O–H groups in total. The third-order valence-corrected chi connectivity index (χ3v) is 6.19. The van der Waals surface area contributed by atoms with E-state index in [1.165, 1.54) is 0 Å². The van der Waals surface area contributed by atoms with Crippen LogP contribution in [0.2, 0.25) is 0 Å². The topological polar surface area (TPSA) is 52.6 Å². The van der Waals surface area contributed by atoms with E-state index in [2.05, 4.69) is 6.92 Å². The Hall–Kier alpha value is -1.06. The summed E-state index contributed by atoms with van der Waals surface area (Å²) in [6.07, 6.45) is 9.06. The standard InChI is InChI=1S/C20H34O4/c1-5-19(3,4)18(22)23-16-11-9-15(10-12-16)17(21)24-20(6-2)13-7-8-14-20/h15-16H,5-14H2,1-4H3. The summed E-state index contributed by atoms with van der Waals surface area (Å²) in [5, 5.41) is 0. The molecule has 0 aromatic carbocycles. The number of rotatable bonds is 6. The maximum Gasteiger partial charge on any atom is 0.311 e. The van der Waals surface area contributed by atoms with Crippen LogP contribution in [0.1, 0.15) is 91.9 Å². The van der Waals surface area contributed by atoms with Gasteiger partial charge in [-0.25, -0.2) is 0 Å². The highest BCUT2D eigenvalue weighted by Crippen LogP contribution is 2.38. The van der Waals surface area contributed by atoms with Gasteiger partial charge in [0.1, 0.15) is 11.7 Å². The highest BCUT2D eigenvalue weighted by atomic mass is 16.6. The van der Waals surface area contributed by atoms with Crippen molar-refractivity contribution in [3.63, 3.8) is 0 Å². The highest BCUT2D eigenvalue weighted by molar-refractivity contribution is 5.76. The summed E-state index contributed by atoms with van der Waals surface area (Å²) in [5.74, 6) is -0.174. The lowest BCUT2D eigenvalue weighted by Gasteiger charge is -2.33. The van der Waals surface area contributed by atoms with Crippen LogP contribution < -0.4 is 0 Å². The molecule has 0 aliphatic heterocycles. The summed E-state index contributed by atoms with van der Waals surface area (Å²) in [5.41, 5.74) is -0.628. The van der Waals surface area contributed by atoms with Gasteiger partial charge in [-0.3, -0.25) is 9.59 Å². The molecule has 2 saturated carbocycles. The molecule has 0 spiro atoms. The minimum absolute atomic E-state index is 0.0248. The summed E-state index contributed by atoms with van der Waals surface area (Å²) in [7, 11) is 0. The average Bonchev–Trinajstić information content (AvgIpc) is 3.04. The van der Waals surface area contributed by atoms with Crippen LogP contribution in [0.25, 0.3) is 0 Å². The van der Waals surface area contributed by atoms with Gasteiger partial charge in [-0.15, -0.1) is 0 Å². The molecule has 2 rings (SSSR count). The SMILES string of the molecule is CCC1(OC(=O)C2CCC(OC(=O)C(C)(C)CC)CC2)CCCC1. The lowest BCUT2D eigenvalue weighted by atomic mass is 9.86. The molecule has 0 heterocycles. The van der Waals surface area contributed by atoms with E-state index < -0.39 is 5.41 Å². The Morgan fingerprint density at radius 1 is 1.04 bits per heavy atom. The molecule has 0 aromatic rings. The second kappa shape index (κ2) is 7.88. The molecule has 138 valence electrons. The van der Waals surface area contributed by atoms with Crippen molar-refractivity contribution in [2.24, 2.45) is 11.3 Å². The summed E-state index contributed by atoms with van der Waals surface area (Å²) in [6, 6.07) is 0. The number of ether oxygens (including phenoxy) is 2. The van der Waals surface area contributed by atoms with Crippen LogP contribution in [0.4, 0.5) is 0 Å². The van der Waals surface area contributed by atoms with Crippen LogP contribution in [-0.2, 0) is 19.1 Å². The molecule has 0 unspecified atom stereocenters. The predicted molar refractivity (Wildman–Crippen MR) is 93.5 cm³/mol. The van der Waals surface area contributed by atoms with Crippen molar-refractivity contribution in [3.05, 3.63) is 0 Å². The van der Waals surface area contributed by atoms with Gasteiger partial charge >= 0.3 is 11.9 Å². The van der Waals surface area contributed by atoms with Crippen LogP contribution in [0.15, 0.2) is 0 Å². The van der Waals surface area contributed by atoms with Crippen molar-refractivity contribution in [2.45, 2.75) is 104 Å². The van der Waals surface area contributed by atoms with Gasteiger partial charge < -0.3 is 9.47 Å². The van der Waals surface area contributed by atoms with Gasteiger partial charge in [-0.2, -0.15) is 0 Å². The lowest BCUT2D eigenvalue weighted by molar-refractivity contribution is -0.169. The Kier molecular flexibility index (Phi) is 6.33. The minimum atomic E-state index is -0.425. The van der Waals surface area contributed by atoms with Gasteiger partial charge in [0.05, 0.1) is 11.3 Å². The molecule has 0 saturated heterocycles. The highest BCUT2D eigenvalue weighted by Gasteiger charge is 2.39. The molecule has 4 heteroatoms. The normalized spacial score (nSPS) is 26.8. The average molecular weight is 338 g/mol. The van der Waals surface area contributed by atoms with E-state index in [-0.39, 0.29) is 29.6 Å². The van der Waals surface area contributed by atoms with Crippen LogP contribution >= 0.6 is 0 Å². The molecule has 2 aliphatic rings. The molecule has 2 fully saturated rings. The third-order valence-electron chi connectivity index (χ3n) is 6.19. The van der Waals surface area contributed by atoms with Crippen LogP contribution in [0.3, 0.4) is 0 Å². The Bertz CT molecular complexity index is 441. The van der Waals surface area contributed by atoms with E-state index in [0.717, 1.165) is 64.2 Å². The minimum Gasteiger partial charge on any atom is -0.462 e. The Morgan fingerprint density at radius 2 is 1.62 bits per heavy atom. The largest absolute Gasteiger partial charge is 0.462 e. The first-order valence-electron chi connectivity index (χ1n) is 9.76. The molecule has 4 nitrogen and oxygen atoms in total. The molecule has 24 heavy (non-hydrogen) atoms. The zero-order chi connectivity index (χ0) is 17.8. The van der Waals surface area contributed by atoms with Gasteiger partial charge in [0.25, 0.3) is 0 Å². The summed E-state index contributed by atoms with van der Waals surface area (Å²) < 4.78 is 11.6. The van der Waals surface area contributed by atoms with Gasteiger partial charge in [-0.05, 0) is 78.1 Å². The fourth-order valence-electron chi connectivity index (χ4n) is 3.72. The number of carbonyl (C=O) groups excluding carboxylic acids is 2. The van der Waals surface area contributed by atoms with Crippen molar-refractivity contribution in [1.29, 1.82) is 0 Å². The van der Waals surface area contributed by atoms with Crippen molar-refractivity contribution < 1.29 is 19.1 Å². The molecule has 2 aliphatic carbocycles. The zero-order valence-electron chi connectivity index (χ0n) is 15.9. The second-order valence-electron chi connectivity index (χ2n) is 8.28. The molecular weight excluding hydrogens is 304 g/mol. The van der Waals surface area contributed by atoms with Crippen molar-refractivity contribution in [3.8, 4) is 0 Å². The molecule has 0 aromatic heterocycles. The third kappa shape index (κ3) is 4.52. The smallest absolute Gasteiger partial charge is 0.311 e. The van der Waals surface area contributed by atoms with Crippen LogP contribution in [0.5, 0.6) is 0 Å². The van der Waals surface area contributed by atoms with E-state index in [4.69, 9.17) is 9.47 Å². The summed E-state index contributed by atoms with van der Waals surface area (Å²) in [4.78, 5) is 24.7. The van der Waals surface area contributed by atoms with Crippen molar-refractivity contribution in [1.82, 2.24) is 0 Å². The maximum absolute atomic E-state index is 12.5. The Balaban J connectivity index is 1.80. The van der Waals surface area contributed by atoms with Crippen molar-refractivity contribution in [2.75, 3.05) is 0 Å². The van der Waals surface area contributed by atoms with Crippen molar-refractivity contribution >= 4 is 11.9 Å². The molecular formula is C20H34O4. The first-order chi connectivity index (χ1) is 11.3. The van der Waals surface area contributed by atoms with E-state index >= 15 is 0 Å². The van der Waals surface area contributed by atoms with Gasteiger partial charge in [0.2, 0.25) is 0 Å². The monoisotopic (exact) mass is 338 g/mol. The lowest BCUT2D eigenvalue weighted by Crippen LogP contribution is -2.37. The number of carbonyl (C=O) groups is 2. The summed E-state index contributed by atoms with van der Waals surface area (Å²) in [6.45, 7) is 7.96. The van der Waals surface area contributed by atoms with Gasteiger partial charge in [0, 0.05) is 0 Å². The predicted octanol–water partition coefficient (Wildman–Crippen LogP) is 4.79. The number of esters is 2. The molecule has 0 bridgehead atoms. The van der Waals surface area contributed by atoms with Gasteiger partial charge in [0.15, 0.2) is 0 Å². The van der Waals surface area contributed by atoms with Crippen LogP contribution in [0, 0.1) is 11.3 Å². The first-order valence-corrected chi connectivity index (χ1v) is 9.76. The second-order valence-corrected chi connectivity index (χ2v) is 8.28. The molecule has 0 atom stereocenters. The number of hydrogen-bond acceptors (Lipinski definition) is 4.